The normalized spacial score (nSPS) is 32.8. The quantitative estimate of drug-likeness (QED) is 0.610. The summed E-state index contributed by atoms with van der Waals surface area (Å²) in [5.74, 6) is 0. The third-order valence-electron chi connectivity index (χ3n) is 6.35. The summed E-state index contributed by atoms with van der Waals surface area (Å²) in [5.41, 5.74) is 5.69. The fraction of sp³-hybridized carbons (Fsp3) is 0.625. The molecule has 3 saturated carbocycles. The van der Waals surface area contributed by atoms with Gasteiger partial charge in [-0.3, -0.25) is 0 Å². The van der Waals surface area contributed by atoms with E-state index in [0.29, 0.717) is 5.41 Å². The first-order valence-corrected chi connectivity index (χ1v) is 6.91. The average molecular weight is 210 g/mol. The van der Waals surface area contributed by atoms with Gasteiger partial charge in [0.2, 0.25) is 0 Å². The molecule has 3 spiro atoms. The molecule has 4 aliphatic carbocycles. The van der Waals surface area contributed by atoms with Crippen LogP contribution in [0.25, 0.3) is 0 Å². The van der Waals surface area contributed by atoms with E-state index >= 15 is 0 Å². The fourth-order valence-electron chi connectivity index (χ4n) is 5.25. The van der Waals surface area contributed by atoms with Crippen LogP contribution in [-0.4, -0.2) is 0 Å². The standard InChI is InChI=1S/C16H18/c1-2-4-13-12(3-1)11-14(5-6-14)16(9-10-16)15(13)7-8-15/h1-4H,5-11H2. The molecule has 0 nitrogen and oxygen atoms in total. The van der Waals surface area contributed by atoms with Crippen LogP contribution in [0.1, 0.15) is 49.7 Å². The zero-order valence-corrected chi connectivity index (χ0v) is 9.76. The number of hydrogen-bond acceptors (Lipinski definition) is 0. The molecule has 1 aromatic carbocycles. The minimum Gasteiger partial charge on any atom is -0.0620 e. The molecule has 0 radical (unpaired) electrons. The van der Waals surface area contributed by atoms with Gasteiger partial charge in [0, 0.05) is 5.41 Å². The second-order valence-electron chi connectivity index (χ2n) is 6.78. The minimum atomic E-state index is 0.665. The van der Waals surface area contributed by atoms with Gasteiger partial charge >= 0.3 is 0 Å². The van der Waals surface area contributed by atoms with Crippen molar-refractivity contribution < 1.29 is 0 Å². The van der Waals surface area contributed by atoms with Crippen LogP contribution in [-0.2, 0) is 11.8 Å². The maximum atomic E-state index is 2.44. The van der Waals surface area contributed by atoms with Crippen LogP contribution in [0.4, 0.5) is 0 Å². The average Bonchev–Trinajstić information content (AvgIpc) is 3.09. The predicted molar refractivity (Wildman–Crippen MR) is 64.4 cm³/mol. The van der Waals surface area contributed by atoms with Crippen molar-refractivity contribution in [2.45, 2.75) is 50.4 Å². The van der Waals surface area contributed by atoms with Crippen molar-refractivity contribution in [1.82, 2.24) is 0 Å². The Balaban J connectivity index is 1.81. The SMILES string of the molecule is c1ccc2c(c1)CC1(CC1)C1(CC1)C21CC1. The molecule has 1 aromatic rings. The molecule has 0 heterocycles. The molecule has 0 heteroatoms. The van der Waals surface area contributed by atoms with Crippen molar-refractivity contribution in [1.29, 1.82) is 0 Å². The number of benzene rings is 1. The van der Waals surface area contributed by atoms with Gasteiger partial charge in [-0.2, -0.15) is 0 Å². The van der Waals surface area contributed by atoms with E-state index in [9.17, 15) is 0 Å². The molecule has 16 heavy (non-hydrogen) atoms. The van der Waals surface area contributed by atoms with E-state index in [1.165, 1.54) is 32.1 Å². The minimum absolute atomic E-state index is 0.665. The van der Waals surface area contributed by atoms with Gasteiger partial charge in [0.15, 0.2) is 0 Å². The second-order valence-corrected chi connectivity index (χ2v) is 6.78. The van der Waals surface area contributed by atoms with Crippen LogP contribution in [0.3, 0.4) is 0 Å². The Morgan fingerprint density at radius 2 is 1.56 bits per heavy atom. The van der Waals surface area contributed by atoms with Crippen molar-refractivity contribution in [3.05, 3.63) is 35.4 Å². The van der Waals surface area contributed by atoms with Crippen molar-refractivity contribution >= 4 is 0 Å². The van der Waals surface area contributed by atoms with E-state index in [2.05, 4.69) is 24.3 Å². The van der Waals surface area contributed by atoms with Gasteiger partial charge in [0.1, 0.15) is 0 Å². The zero-order valence-electron chi connectivity index (χ0n) is 9.76. The molecule has 82 valence electrons. The van der Waals surface area contributed by atoms with Crippen LogP contribution >= 0.6 is 0 Å². The third-order valence-corrected chi connectivity index (χ3v) is 6.35. The summed E-state index contributed by atoms with van der Waals surface area (Å²) in [6.45, 7) is 0. The lowest BCUT2D eigenvalue weighted by Crippen LogP contribution is -2.38. The van der Waals surface area contributed by atoms with E-state index in [-0.39, 0.29) is 0 Å². The van der Waals surface area contributed by atoms with E-state index < -0.39 is 0 Å². The van der Waals surface area contributed by atoms with Crippen molar-refractivity contribution in [3.63, 3.8) is 0 Å². The van der Waals surface area contributed by atoms with Gasteiger partial charge in [-0.1, -0.05) is 24.3 Å². The zero-order chi connectivity index (χ0) is 10.4. The molecular weight excluding hydrogens is 192 g/mol. The highest BCUT2D eigenvalue weighted by molar-refractivity contribution is 5.50. The Hall–Kier alpha value is -0.780. The van der Waals surface area contributed by atoms with Crippen LogP contribution in [0.2, 0.25) is 0 Å². The summed E-state index contributed by atoms with van der Waals surface area (Å²) >= 11 is 0. The summed E-state index contributed by atoms with van der Waals surface area (Å²) in [6, 6.07) is 9.36. The summed E-state index contributed by atoms with van der Waals surface area (Å²) in [4.78, 5) is 0. The van der Waals surface area contributed by atoms with Gasteiger partial charge in [0.05, 0.1) is 0 Å². The molecule has 3 fully saturated rings. The molecule has 0 atom stereocenters. The summed E-state index contributed by atoms with van der Waals surface area (Å²) in [7, 11) is 0. The van der Waals surface area contributed by atoms with Crippen LogP contribution < -0.4 is 0 Å². The molecule has 0 aromatic heterocycles. The van der Waals surface area contributed by atoms with Gasteiger partial charge in [0.25, 0.3) is 0 Å². The van der Waals surface area contributed by atoms with Crippen LogP contribution in [0.5, 0.6) is 0 Å². The highest BCUT2D eigenvalue weighted by Gasteiger charge is 2.78. The molecule has 0 unspecified atom stereocenters. The van der Waals surface area contributed by atoms with E-state index in [4.69, 9.17) is 0 Å². The molecule has 0 bridgehead atoms. The molecular formula is C16H18. The summed E-state index contributed by atoms with van der Waals surface area (Å²) < 4.78 is 0. The Morgan fingerprint density at radius 3 is 2.19 bits per heavy atom. The monoisotopic (exact) mass is 210 g/mol. The number of hydrogen-bond donors (Lipinski definition) is 0. The molecule has 4 aliphatic rings. The molecule has 0 amide bonds. The van der Waals surface area contributed by atoms with Crippen molar-refractivity contribution in [2.24, 2.45) is 10.8 Å². The molecule has 0 N–H and O–H groups in total. The Bertz CT molecular complexity index is 485. The second kappa shape index (κ2) is 2.12. The van der Waals surface area contributed by atoms with Gasteiger partial charge in [-0.05, 0) is 66.9 Å². The Morgan fingerprint density at radius 1 is 0.812 bits per heavy atom. The van der Waals surface area contributed by atoms with Crippen molar-refractivity contribution in [2.75, 3.05) is 0 Å². The van der Waals surface area contributed by atoms with E-state index in [0.717, 1.165) is 10.8 Å². The van der Waals surface area contributed by atoms with E-state index in [1.54, 1.807) is 24.0 Å². The Labute approximate surface area is 97.1 Å². The first-order valence-electron chi connectivity index (χ1n) is 6.91. The summed E-state index contributed by atoms with van der Waals surface area (Å²) in [5, 5.41) is 0. The van der Waals surface area contributed by atoms with Crippen molar-refractivity contribution in [3.8, 4) is 0 Å². The highest BCUT2D eigenvalue weighted by atomic mass is 14.8. The molecule has 0 saturated heterocycles. The maximum Gasteiger partial charge on any atom is 0.00182 e. The van der Waals surface area contributed by atoms with Gasteiger partial charge < -0.3 is 0 Å². The topological polar surface area (TPSA) is 0 Å². The van der Waals surface area contributed by atoms with Gasteiger partial charge in [-0.25, -0.2) is 0 Å². The fourth-order valence-corrected chi connectivity index (χ4v) is 5.25. The molecule has 0 aliphatic heterocycles. The van der Waals surface area contributed by atoms with E-state index in [1.807, 2.05) is 0 Å². The predicted octanol–water partition coefficient (Wildman–Crippen LogP) is 3.83. The highest BCUT2D eigenvalue weighted by Crippen LogP contribution is 2.85. The Kier molecular flexibility index (Phi) is 1.11. The maximum absolute atomic E-state index is 2.44. The molecule has 5 rings (SSSR count). The number of fused-ring (bicyclic) bond motifs is 4. The third kappa shape index (κ3) is 0.672. The number of rotatable bonds is 0. The first-order chi connectivity index (χ1) is 7.82. The smallest absolute Gasteiger partial charge is 0.00182 e. The first kappa shape index (κ1) is 8.33. The van der Waals surface area contributed by atoms with Crippen LogP contribution in [0, 0.1) is 10.8 Å². The lowest BCUT2D eigenvalue weighted by atomic mass is 9.62. The lowest BCUT2D eigenvalue weighted by Gasteiger charge is -2.42. The van der Waals surface area contributed by atoms with Crippen LogP contribution in [0.15, 0.2) is 24.3 Å². The van der Waals surface area contributed by atoms with Gasteiger partial charge in [-0.15, -0.1) is 0 Å². The summed E-state index contributed by atoms with van der Waals surface area (Å²) in [6.07, 6.45) is 10.5. The largest absolute Gasteiger partial charge is 0.0620 e. The lowest BCUT2D eigenvalue weighted by molar-refractivity contribution is 0.189.